The fraction of sp³-hybridized carbons (Fsp3) is 0.250. The van der Waals surface area contributed by atoms with E-state index in [1.807, 2.05) is 91.3 Å². The second kappa shape index (κ2) is 8.09. The summed E-state index contributed by atoms with van der Waals surface area (Å²) < 4.78 is 21.4. The Morgan fingerprint density at radius 3 is 2.37 bits per heavy atom. The second-order valence-electron chi connectivity index (χ2n) is 10.7. The van der Waals surface area contributed by atoms with Gasteiger partial charge in [-0.1, -0.05) is 48.5 Å². The number of hydrogen-bond donors (Lipinski definition) is 0. The number of ether oxygens (including phenoxy) is 2. The van der Waals surface area contributed by atoms with Gasteiger partial charge in [-0.05, 0) is 57.5 Å². The maximum absolute atomic E-state index is 13.9. The highest BCUT2D eigenvalue weighted by Crippen LogP contribution is 2.55. The molecule has 0 bridgehead atoms. The molecule has 0 fully saturated rings. The highest BCUT2D eigenvalue weighted by Gasteiger charge is 2.51. The van der Waals surface area contributed by atoms with Crippen LogP contribution in [-0.4, -0.2) is 22.0 Å². The van der Waals surface area contributed by atoms with Crippen LogP contribution in [-0.2, 0) is 0 Å². The van der Waals surface area contributed by atoms with Crippen molar-refractivity contribution in [2.24, 2.45) is 5.92 Å². The molecule has 2 aliphatic rings. The van der Waals surface area contributed by atoms with Gasteiger partial charge >= 0.3 is 0 Å². The summed E-state index contributed by atoms with van der Waals surface area (Å²) in [5.74, 6) is 1.95. The zero-order chi connectivity index (χ0) is 26.2. The Bertz CT molecular complexity index is 1770. The Labute approximate surface area is 220 Å². The second-order valence-corrected chi connectivity index (χ2v) is 10.7. The number of benzene rings is 3. The molecule has 2 atom stereocenters. The zero-order valence-corrected chi connectivity index (χ0v) is 21.8. The lowest BCUT2D eigenvalue weighted by Crippen LogP contribution is -2.49. The van der Waals surface area contributed by atoms with E-state index in [4.69, 9.17) is 19.0 Å². The quantitative estimate of drug-likeness (QED) is 0.272. The Kier molecular flexibility index (Phi) is 4.86. The van der Waals surface area contributed by atoms with E-state index in [1.165, 1.54) is 0 Å². The van der Waals surface area contributed by atoms with Gasteiger partial charge in [0.15, 0.2) is 0 Å². The van der Waals surface area contributed by atoms with Gasteiger partial charge in [-0.25, -0.2) is 4.68 Å². The zero-order valence-electron chi connectivity index (χ0n) is 21.8. The molecule has 0 radical (unpaired) electrons. The van der Waals surface area contributed by atoms with Crippen molar-refractivity contribution in [2.45, 2.75) is 39.2 Å². The van der Waals surface area contributed by atoms with Crippen LogP contribution in [0.2, 0.25) is 0 Å². The van der Waals surface area contributed by atoms with E-state index in [9.17, 15) is 4.79 Å². The van der Waals surface area contributed by atoms with Crippen LogP contribution in [0.3, 0.4) is 0 Å². The lowest BCUT2D eigenvalue weighted by atomic mass is 9.70. The van der Waals surface area contributed by atoms with Crippen LogP contribution < -0.4 is 14.9 Å². The molecule has 0 saturated carbocycles. The molecule has 2 aliphatic heterocycles. The van der Waals surface area contributed by atoms with Crippen molar-refractivity contribution in [3.05, 3.63) is 106 Å². The van der Waals surface area contributed by atoms with Crippen molar-refractivity contribution < 1.29 is 13.9 Å². The molecule has 0 amide bonds. The van der Waals surface area contributed by atoms with Crippen molar-refractivity contribution in [2.75, 3.05) is 6.61 Å². The van der Waals surface area contributed by atoms with E-state index >= 15 is 0 Å². The molecule has 38 heavy (non-hydrogen) atoms. The monoisotopic (exact) mass is 504 g/mol. The lowest BCUT2D eigenvalue weighted by Gasteiger charge is -2.46. The van der Waals surface area contributed by atoms with E-state index in [1.54, 1.807) is 0 Å². The van der Waals surface area contributed by atoms with Crippen molar-refractivity contribution in [3.63, 3.8) is 0 Å². The van der Waals surface area contributed by atoms with Crippen molar-refractivity contribution in [1.82, 2.24) is 9.78 Å². The summed E-state index contributed by atoms with van der Waals surface area (Å²) in [4.78, 5) is 13.9. The topological polar surface area (TPSA) is 66.5 Å². The molecule has 4 heterocycles. The minimum Gasteiger partial charge on any atom is -0.493 e. The summed E-state index contributed by atoms with van der Waals surface area (Å²) in [6.45, 7) is 8.57. The van der Waals surface area contributed by atoms with E-state index in [-0.39, 0.29) is 17.3 Å². The molecule has 2 aromatic heterocycles. The van der Waals surface area contributed by atoms with Crippen LogP contribution >= 0.6 is 0 Å². The molecular formula is C32H28N2O4. The molecule has 7 rings (SSSR count). The van der Waals surface area contributed by atoms with Gasteiger partial charge in [0.1, 0.15) is 22.7 Å². The molecular weight excluding hydrogens is 476 g/mol. The van der Waals surface area contributed by atoms with Gasteiger partial charge in [0.2, 0.25) is 11.3 Å². The first kappa shape index (κ1) is 22.8. The van der Waals surface area contributed by atoms with Gasteiger partial charge in [-0.3, -0.25) is 4.79 Å². The number of rotatable bonds is 2. The SMILES string of the molecule is Cc1nn(-c2ccccc2)c2c1[C@@H]1c3c(ccc4c(=O)c(-c5ccccc5)c(C)oc34)OC[C@@H]1C(C)(C)O2. The highest BCUT2D eigenvalue weighted by molar-refractivity contribution is 5.88. The molecule has 0 spiro atoms. The third kappa shape index (κ3) is 3.19. The summed E-state index contributed by atoms with van der Waals surface area (Å²) >= 11 is 0. The van der Waals surface area contributed by atoms with Crippen LogP contribution in [0, 0.1) is 19.8 Å². The van der Waals surface area contributed by atoms with Crippen molar-refractivity contribution in [1.29, 1.82) is 0 Å². The van der Waals surface area contributed by atoms with Gasteiger partial charge in [0, 0.05) is 23.0 Å². The van der Waals surface area contributed by atoms with Crippen LogP contribution in [0.4, 0.5) is 0 Å². The molecule has 0 aliphatic carbocycles. The Balaban J connectivity index is 1.52. The molecule has 190 valence electrons. The number of aryl methyl sites for hydroxylation is 2. The smallest absolute Gasteiger partial charge is 0.221 e. The number of nitrogens with zero attached hydrogens (tertiary/aromatic N) is 2. The molecule has 0 N–H and O–H groups in total. The van der Waals surface area contributed by atoms with Crippen molar-refractivity contribution >= 4 is 11.0 Å². The number of para-hydroxylation sites is 1. The average molecular weight is 505 g/mol. The van der Waals surface area contributed by atoms with Crippen LogP contribution in [0.15, 0.2) is 82.0 Å². The Morgan fingerprint density at radius 1 is 0.921 bits per heavy atom. The van der Waals surface area contributed by atoms with Gasteiger partial charge < -0.3 is 13.9 Å². The third-order valence-corrected chi connectivity index (χ3v) is 8.06. The minimum absolute atomic E-state index is 0.000341. The first-order valence-corrected chi connectivity index (χ1v) is 13.0. The predicted octanol–water partition coefficient (Wildman–Crippen LogP) is 6.57. The van der Waals surface area contributed by atoms with Crippen LogP contribution in [0.25, 0.3) is 27.8 Å². The first-order valence-electron chi connectivity index (χ1n) is 13.0. The molecule has 0 unspecified atom stereocenters. The molecule has 0 saturated heterocycles. The van der Waals surface area contributed by atoms with E-state index in [0.717, 1.165) is 39.7 Å². The van der Waals surface area contributed by atoms with Gasteiger partial charge in [-0.15, -0.1) is 0 Å². The summed E-state index contributed by atoms with van der Waals surface area (Å²) in [5, 5.41) is 5.47. The average Bonchev–Trinajstić information content (AvgIpc) is 3.24. The predicted molar refractivity (Wildman–Crippen MR) is 146 cm³/mol. The van der Waals surface area contributed by atoms with Gasteiger partial charge in [0.05, 0.1) is 28.9 Å². The summed E-state index contributed by atoms with van der Waals surface area (Å²) in [6, 6.07) is 23.5. The number of hydrogen-bond acceptors (Lipinski definition) is 5. The van der Waals surface area contributed by atoms with Crippen LogP contribution in [0.5, 0.6) is 11.6 Å². The largest absolute Gasteiger partial charge is 0.493 e. The van der Waals surface area contributed by atoms with Gasteiger partial charge in [-0.2, -0.15) is 5.10 Å². The summed E-state index contributed by atoms with van der Waals surface area (Å²) in [7, 11) is 0. The fourth-order valence-electron chi connectivity index (χ4n) is 6.20. The van der Waals surface area contributed by atoms with Gasteiger partial charge in [0.25, 0.3) is 0 Å². The minimum atomic E-state index is -0.546. The number of fused-ring (bicyclic) bond motifs is 7. The summed E-state index contributed by atoms with van der Waals surface area (Å²) in [5.41, 5.74) is 5.17. The molecule has 3 aromatic carbocycles. The highest BCUT2D eigenvalue weighted by atomic mass is 16.5. The van der Waals surface area contributed by atoms with E-state index < -0.39 is 5.60 Å². The fourth-order valence-corrected chi connectivity index (χ4v) is 6.20. The normalized spacial score (nSPS) is 19.2. The molecule has 6 nitrogen and oxygen atoms in total. The Morgan fingerprint density at radius 2 is 1.63 bits per heavy atom. The molecule has 5 aromatic rings. The van der Waals surface area contributed by atoms with E-state index in [2.05, 4.69) is 13.8 Å². The standard InChI is InChI=1S/C32H28N2O4/c1-18-25-27-23(32(3,4)38-31(25)34(33-18)21-13-9-6-10-14-21)17-36-24-16-15-22-29(35)26(20-11-7-5-8-12-20)19(2)37-30(22)28(24)27/h5-16,23,27H,17H2,1-4H3/t23-,27+/m0/s1. The number of aromatic nitrogens is 2. The summed E-state index contributed by atoms with van der Waals surface area (Å²) in [6.07, 6.45) is 0. The third-order valence-electron chi connectivity index (χ3n) is 8.06. The van der Waals surface area contributed by atoms with E-state index in [0.29, 0.717) is 28.9 Å². The Hall–Kier alpha value is -4.32. The lowest BCUT2D eigenvalue weighted by molar-refractivity contribution is -0.0184. The first-order chi connectivity index (χ1) is 18.3. The maximum Gasteiger partial charge on any atom is 0.221 e. The maximum atomic E-state index is 13.9. The van der Waals surface area contributed by atoms with Crippen LogP contribution in [0.1, 0.15) is 42.3 Å². The molecule has 6 heteroatoms. The van der Waals surface area contributed by atoms with Crippen molar-refractivity contribution in [3.8, 4) is 28.4 Å².